The molecular weight excluding hydrogens is 777 g/mol. The first-order valence-corrected chi connectivity index (χ1v) is 20.4. The number of amides is 6. The van der Waals surface area contributed by atoms with Crippen LogP contribution < -0.4 is 44.3 Å². The van der Waals surface area contributed by atoms with Crippen molar-refractivity contribution in [1.82, 2.24) is 31.3 Å². The highest BCUT2D eigenvalue weighted by Crippen LogP contribution is 2.21. The van der Waals surface area contributed by atoms with Crippen LogP contribution in [0, 0.1) is 0 Å². The van der Waals surface area contributed by atoms with Crippen molar-refractivity contribution < 1.29 is 28.8 Å². The summed E-state index contributed by atoms with van der Waals surface area (Å²) in [7, 11) is 0. The number of H-pyrrole nitrogens is 1. The Labute approximate surface area is 354 Å². The van der Waals surface area contributed by atoms with Crippen LogP contribution in [0.1, 0.15) is 49.8 Å². The van der Waals surface area contributed by atoms with Crippen molar-refractivity contribution in [2.75, 3.05) is 6.54 Å². The van der Waals surface area contributed by atoms with Crippen LogP contribution >= 0.6 is 0 Å². The summed E-state index contributed by atoms with van der Waals surface area (Å²) in [6, 6.07) is 22.8. The van der Waals surface area contributed by atoms with Gasteiger partial charge in [0.15, 0.2) is 0 Å². The Hall–Kier alpha value is -6.62. The Morgan fingerprint density at radius 1 is 0.656 bits per heavy atom. The minimum absolute atomic E-state index is 0.0326. The average molecular weight is 833 g/mol. The van der Waals surface area contributed by atoms with Crippen molar-refractivity contribution in [3.63, 3.8) is 0 Å². The average Bonchev–Trinajstić information content (AvgIpc) is 3.66. The molecule has 0 spiro atoms. The van der Waals surface area contributed by atoms with E-state index in [1.165, 1.54) is 13.8 Å². The molecule has 0 aliphatic carbocycles. The highest BCUT2D eigenvalue weighted by Gasteiger charge is 2.36. The Balaban J connectivity index is 1.40. The molecule has 4 aromatic carbocycles. The van der Waals surface area contributed by atoms with Crippen molar-refractivity contribution in [2.45, 2.75) is 88.6 Å². The van der Waals surface area contributed by atoms with Gasteiger partial charge in [0.2, 0.25) is 29.5 Å². The number of para-hydroxylation sites is 1. The summed E-state index contributed by atoms with van der Waals surface area (Å²) in [6.45, 7) is 3.33. The molecule has 0 radical (unpaired) electrons. The lowest BCUT2D eigenvalue weighted by Gasteiger charge is -2.32. The van der Waals surface area contributed by atoms with E-state index in [0.717, 1.165) is 32.2 Å². The first-order valence-electron chi connectivity index (χ1n) is 20.4. The van der Waals surface area contributed by atoms with Crippen LogP contribution in [0.25, 0.3) is 21.7 Å². The van der Waals surface area contributed by atoms with Crippen molar-refractivity contribution >= 4 is 57.1 Å². The summed E-state index contributed by atoms with van der Waals surface area (Å²) in [4.78, 5) is 84.8. The Kier molecular flexibility index (Phi) is 16.1. The number of aromatic nitrogens is 1. The largest absolute Gasteiger partial charge is 0.368 e. The van der Waals surface area contributed by atoms with Crippen LogP contribution in [0.4, 0.5) is 0 Å². The van der Waals surface area contributed by atoms with Crippen molar-refractivity contribution in [1.29, 1.82) is 0 Å². The summed E-state index contributed by atoms with van der Waals surface area (Å²) in [5, 5.41) is 14.3. The van der Waals surface area contributed by atoms with Crippen LogP contribution in [0.5, 0.6) is 0 Å². The molecule has 0 bridgehead atoms. The fraction of sp³-hybridized carbons (Fsp3) is 0.333. The number of primary amides is 1. The lowest BCUT2D eigenvalue weighted by molar-refractivity contribution is -0.144. The maximum Gasteiger partial charge on any atom is 0.260 e. The number of carbonyl (C=O) groups excluding carboxylic acids is 6. The summed E-state index contributed by atoms with van der Waals surface area (Å²) >= 11 is 0. The third kappa shape index (κ3) is 12.5. The molecule has 0 unspecified atom stereocenters. The van der Waals surface area contributed by atoms with Gasteiger partial charge in [-0.1, -0.05) is 91.0 Å². The maximum absolute atomic E-state index is 14.6. The second-order valence-electron chi connectivity index (χ2n) is 15.3. The van der Waals surface area contributed by atoms with Gasteiger partial charge in [-0.25, -0.2) is 5.84 Å². The number of aromatic amines is 1. The highest BCUT2D eigenvalue weighted by atomic mass is 16.2. The van der Waals surface area contributed by atoms with E-state index in [1.54, 1.807) is 36.5 Å². The normalized spacial score (nSPS) is 14.2. The lowest BCUT2D eigenvalue weighted by Crippen LogP contribution is -2.62. The van der Waals surface area contributed by atoms with E-state index >= 15 is 0 Å². The molecule has 0 saturated heterocycles. The quantitative estimate of drug-likeness (QED) is 0.0223. The van der Waals surface area contributed by atoms with Crippen LogP contribution in [-0.2, 0) is 48.0 Å². The molecule has 1 heterocycles. The van der Waals surface area contributed by atoms with E-state index in [-0.39, 0.29) is 25.7 Å². The number of nitrogens with one attached hydrogen (secondary N) is 5. The van der Waals surface area contributed by atoms with Gasteiger partial charge in [0, 0.05) is 36.4 Å². The zero-order chi connectivity index (χ0) is 44.1. The van der Waals surface area contributed by atoms with Crippen molar-refractivity contribution in [3.8, 4) is 0 Å². The number of hydrogen-bond acceptors (Lipinski definition) is 9. The predicted octanol–water partition coefficient (Wildman–Crippen LogP) is 1.34. The first kappa shape index (κ1) is 45.5. The Morgan fingerprint density at radius 2 is 1.31 bits per heavy atom. The van der Waals surface area contributed by atoms with Crippen LogP contribution in [0.2, 0.25) is 0 Å². The fourth-order valence-electron chi connectivity index (χ4n) is 7.05. The standard InChI is InChI=1S/C45H56N10O6/c1-27(47)41(57)53-37(23-30-19-20-31-14-6-7-15-32(31)22-30)43(59)51-28(2)42(58)54-38(25-33-26-50-35-17-9-8-16-34(33)35)45(61)55(49)39(24-29-12-4-3-5-13-29)44(60)52-36(40(48)56)18-10-11-21-46/h3-9,12-17,19-20,22,26-28,36-39,50H,10-11,18,21,23-25,46-47,49H2,1-2H3,(H2,48,56)(H,51,59)(H,52,60)(H,53,57)(H,54,58)/t27-,28-,36+,37-,38+,39-/m1/s1. The molecule has 5 aromatic rings. The lowest BCUT2D eigenvalue weighted by atomic mass is 10.00. The van der Waals surface area contributed by atoms with Gasteiger partial charge in [0.05, 0.1) is 6.04 Å². The van der Waals surface area contributed by atoms with Gasteiger partial charge in [-0.3, -0.25) is 33.8 Å². The Bertz CT molecular complexity index is 2310. The molecule has 6 atom stereocenters. The molecule has 322 valence electrons. The highest BCUT2D eigenvalue weighted by molar-refractivity contribution is 5.97. The third-order valence-electron chi connectivity index (χ3n) is 10.5. The molecule has 0 aliphatic rings. The maximum atomic E-state index is 14.6. The van der Waals surface area contributed by atoms with E-state index in [0.29, 0.717) is 30.5 Å². The van der Waals surface area contributed by atoms with Gasteiger partial charge in [0.1, 0.15) is 30.2 Å². The summed E-state index contributed by atoms with van der Waals surface area (Å²) in [5.74, 6) is 2.35. The third-order valence-corrected chi connectivity index (χ3v) is 10.5. The zero-order valence-electron chi connectivity index (χ0n) is 34.4. The number of rotatable bonds is 21. The number of hydrazine groups is 1. The van der Waals surface area contributed by atoms with E-state index in [2.05, 4.69) is 26.3 Å². The molecule has 0 aliphatic heterocycles. The molecule has 0 fully saturated rings. The molecule has 0 saturated carbocycles. The summed E-state index contributed by atoms with van der Waals surface area (Å²) < 4.78 is 0. The van der Waals surface area contributed by atoms with Crippen LogP contribution in [0.15, 0.2) is 103 Å². The fourth-order valence-corrected chi connectivity index (χ4v) is 7.05. The number of unbranched alkanes of at least 4 members (excludes halogenated alkanes) is 1. The predicted molar refractivity (Wildman–Crippen MR) is 234 cm³/mol. The van der Waals surface area contributed by atoms with E-state index < -0.39 is 71.7 Å². The molecule has 61 heavy (non-hydrogen) atoms. The van der Waals surface area contributed by atoms with Crippen LogP contribution in [-0.4, -0.2) is 88.2 Å². The van der Waals surface area contributed by atoms with Gasteiger partial charge >= 0.3 is 0 Å². The van der Waals surface area contributed by atoms with E-state index in [1.807, 2.05) is 66.7 Å². The number of nitrogens with zero attached hydrogens (tertiary/aromatic N) is 1. The zero-order valence-corrected chi connectivity index (χ0v) is 34.4. The SMILES string of the molecule is C[C@@H](N)C(=O)N[C@H](Cc1ccc2ccccc2c1)C(=O)N[C@H](C)C(=O)N[C@@H](Cc1c[nH]c2ccccc12)C(=O)N(N)[C@H](Cc1ccccc1)C(=O)N[C@@H](CCCCN)C(N)=O. The van der Waals surface area contributed by atoms with Gasteiger partial charge in [-0.2, -0.15) is 0 Å². The summed E-state index contributed by atoms with van der Waals surface area (Å²) in [5.41, 5.74) is 20.0. The van der Waals surface area contributed by atoms with E-state index in [9.17, 15) is 28.8 Å². The monoisotopic (exact) mass is 832 g/mol. The molecule has 1 aromatic heterocycles. The second-order valence-corrected chi connectivity index (χ2v) is 15.3. The van der Waals surface area contributed by atoms with Crippen LogP contribution in [0.3, 0.4) is 0 Å². The Morgan fingerprint density at radius 3 is 2.02 bits per heavy atom. The molecule has 6 amide bonds. The number of nitrogens with two attached hydrogens (primary N) is 4. The molecule has 16 heteroatoms. The van der Waals surface area contributed by atoms with Gasteiger partial charge in [0.25, 0.3) is 5.91 Å². The first-order chi connectivity index (χ1) is 29.2. The second kappa shape index (κ2) is 21.6. The number of hydrogen-bond donors (Lipinski definition) is 9. The molecule has 16 nitrogen and oxygen atoms in total. The molecule has 13 N–H and O–H groups in total. The van der Waals surface area contributed by atoms with Crippen molar-refractivity contribution in [2.24, 2.45) is 23.0 Å². The molecule has 5 rings (SSSR count). The van der Waals surface area contributed by atoms with Gasteiger partial charge in [-0.15, -0.1) is 0 Å². The van der Waals surface area contributed by atoms with Crippen molar-refractivity contribution in [3.05, 3.63) is 120 Å². The minimum atomic E-state index is -1.34. The minimum Gasteiger partial charge on any atom is -0.368 e. The van der Waals surface area contributed by atoms with Gasteiger partial charge < -0.3 is 43.5 Å². The topological polar surface area (TPSA) is 274 Å². The summed E-state index contributed by atoms with van der Waals surface area (Å²) in [6.07, 6.45) is 3.09. The smallest absolute Gasteiger partial charge is 0.260 e. The molecular formula is C45H56N10O6. The number of benzene rings is 4. The van der Waals surface area contributed by atoms with Gasteiger partial charge in [-0.05, 0) is 73.2 Å². The number of carbonyl (C=O) groups is 6. The van der Waals surface area contributed by atoms with E-state index in [4.69, 9.17) is 23.0 Å². The number of fused-ring (bicyclic) bond motifs is 2.